The second kappa shape index (κ2) is 8.07. The van der Waals surface area contributed by atoms with Crippen molar-refractivity contribution >= 4 is 23.6 Å². The second-order valence-electron chi connectivity index (χ2n) is 6.48. The minimum absolute atomic E-state index is 0.0271. The largest absolute Gasteiger partial charge is 0.453 e. The van der Waals surface area contributed by atoms with E-state index in [9.17, 15) is 14.4 Å². The SMILES string of the molecule is COC(=O)N1CCCC1C(=O)NCc1ccc(N2CCNC(=O)C2)cc1. The highest BCUT2D eigenvalue weighted by Crippen LogP contribution is 2.19. The Morgan fingerprint density at radius 2 is 2.04 bits per heavy atom. The zero-order chi connectivity index (χ0) is 18.5. The number of rotatable bonds is 4. The van der Waals surface area contributed by atoms with Crippen LogP contribution < -0.4 is 15.5 Å². The summed E-state index contributed by atoms with van der Waals surface area (Å²) in [5.74, 6) is -0.135. The van der Waals surface area contributed by atoms with Crippen LogP contribution in [0.1, 0.15) is 18.4 Å². The van der Waals surface area contributed by atoms with Crippen LogP contribution in [-0.4, -0.2) is 62.1 Å². The lowest BCUT2D eigenvalue weighted by atomic mass is 10.1. The van der Waals surface area contributed by atoms with Crippen molar-refractivity contribution in [2.24, 2.45) is 0 Å². The molecular weight excluding hydrogens is 336 g/mol. The number of likely N-dealkylation sites (tertiary alicyclic amines) is 1. The zero-order valence-corrected chi connectivity index (χ0v) is 14.9. The molecule has 2 saturated heterocycles. The minimum Gasteiger partial charge on any atom is -0.453 e. The van der Waals surface area contributed by atoms with Crippen LogP contribution in [0.25, 0.3) is 0 Å². The van der Waals surface area contributed by atoms with E-state index in [2.05, 4.69) is 10.6 Å². The van der Waals surface area contributed by atoms with Crippen LogP contribution in [0.5, 0.6) is 0 Å². The number of nitrogens with one attached hydrogen (secondary N) is 2. The van der Waals surface area contributed by atoms with Crippen LogP contribution in [0, 0.1) is 0 Å². The molecule has 0 radical (unpaired) electrons. The van der Waals surface area contributed by atoms with Gasteiger partial charge in [0, 0.05) is 31.9 Å². The number of carbonyl (C=O) groups excluding carboxylic acids is 3. The summed E-state index contributed by atoms with van der Waals surface area (Å²) in [6, 6.07) is 7.32. The van der Waals surface area contributed by atoms with Crippen molar-refractivity contribution in [1.82, 2.24) is 15.5 Å². The van der Waals surface area contributed by atoms with E-state index in [1.807, 2.05) is 29.2 Å². The Kier molecular flexibility index (Phi) is 5.60. The van der Waals surface area contributed by atoms with E-state index in [1.54, 1.807) is 0 Å². The predicted octanol–water partition coefficient (Wildman–Crippen LogP) is 0.470. The number of ether oxygens (including phenoxy) is 1. The average molecular weight is 360 g/mol. The Bertz CT molecular complexity index is 676. The van der Waals surface area contributed by atoms with Gasteiger partial charge in [-0.25, -0.2) is 4.79 Å². The first-order chi connectivity index (χ1) is 12.6. The number of hydrogen-bond acceptors (Lipinski definition) is 5. The molecule has 1 aromatic carbocycles. The lowest BCUT2D eigenvalue weighted by Gasteiger charge is -2.28. The lowest BCUT2D eigenvalue weighted by molar-refractivity contribution is -0.125. The molecule has 0 aromatic heterocycles. The minimum atomic E-state index is -0.464. The normalized spacial score (nSPS) is 19.9. The molecule has 2 aliphatic rings. The third-order valence-electron chi connectivity index (χ3n) is 4.77. The maximum absolute atomic E-state index is 12.4. The molecule has 140 valence electrons. The fourth-order valence-corrected chi connectivity index (χ4v) is 3.37. The standard InChI is InChI=1S/C18H24N4O4/c1-26-18(25)22-9-2-3-15(22)17(24)20-11-13-4-6-14(7-5-13)21-10-8-19-16(23)12-21/h4-7,15H,2-3,8-12H2,1H3,(H,19,23)(H,20,24). The summed E-state index contributed by atoms with van der Waals surface area (Å²) in [5, 5.41) is 5.69. The Hall–Kier alpha value is -2.77. The van der Waals surface area contributed by atoms with Gasteiger partial charge in [-0.05, 0) is 30.5 Å². The monoisotopic (exact) mass is 360 g/mol. The summed E-state index contributed by atoms with van der Waals surface area (Å²) >= 11 is 0. The van der Waals surface area contributed by atoms with Crippen LogP contribution in [0.2, 0.25) is 0 Å². The van der Waals surface area contributed by atoms with Crippen LogP contribution in [0.4, 0.5) is 10.5 Å². The molecule has 8 nitrogen and oxygen atoms in total. The van der Waals surface area contributed by atoms with E-state index in [0.717, 1.165) is 24.2 Å². The van der Waals surface area contributed by atoms with Crippen molar-refractivity contribution < 1.29 is 19.1 Å². The number of nitrogens with zero attached hydrogens (tertiary/aromatic N) is 2. The van der Waals surface area contributed by atoms with Crippen molar-refractivity contribution in [3.63, 3.8) is 0 Å². The van der Waals surface area contributed by atoms with Crippen LogP contribution in [0.3, 0.4) is 0 Å². The van der Waals surface area contributed by atoms with E-state index < -0.39 is 12.1 Å². The summed E-state index contributed by atoms with van der Waals surface area (Å²) in [6.07, 6.45) is 0.986. The molecule has 1 unspecified atom stereocenters. The Morgan fingerprint density at radius 1 is 1.27 bits per heavy atom. The molecular formula is C18H24N4O4. The Morgan fingerprint density at radius 3 is 2.73 bits per heavy atom. The summed E-state index contributed by atoms with van der Waals surface area (Å²) < 4.78 is 4.73. The molecule has 2 aliphatic heterocycles. The van der Waals surface area contributed by atoms with Crippen molar-refractivity contribution in [3.8, 4) is 0 Å². The summed E-state index contributed by atoms with van der Waals surface area (Å²) in [7, 11) is 1.32. The molecule has 3 rings (SSSR count). The first-order valence-corrected chi connectivity index (χ1v) is 8.81. The maximum atomic E-state index is 12.4. The molecule has 2 N–H and O–H groups in total. The molecule has 0 bridgehead atoms. The lowest BCUT2D eigenvalue weighted by Crippen LogP contribution is -2.47. The van der Waals surface area contributed by atoms with Gasteiger partial charge in [-0.15, -0.1) is 0 Å². The number of benzene rings is 1. The smallest absolute Gasteiger partial charge is 0.410 e. The van der Waals surface area contributed by atoms with Crippen LogP contribution in [0.15, 0.2) is 24.3 Å². The van der Waals surface area contributed by atoms with Crippen molar-refractivity contribution in [2.45, 2.75) is 25.4 Å². The van der Waals surface area contributed by atoms with Gasteiger partial charge < -0.3 is 20.3 Å². The van der Waals surface area contributed by atoms with Crippen LogP contribution >= 0.6 is 0 Å². The predicted molar refractivity (Wildman–Crippen MR) is 95.6 cm³/mol. The molecule has 26 heavy (non-hydrogen) atoms. The molecule has 0 saturated carbocycles. The van der Waals surface area contributed by atoms with Gasteiger partial charge in [0.2, 0.25) is 11.8 Å². The van der Waals surface area contributed by atoms with E-state index in [0.29, 0.717) is 32.6 Å². The second-order valence-corrected chi connectivity index (χ2v) is 6.48. The van der Waals surface area contributed by atoms with E-state index in [1.165, 1.54) is 12.0 Å². The van der Waals surface area contributed by atoms with E-state index in [4.69, 9.17) is 4.74 Å². The highest BCUT2D eigenvalue weighted by atomic mass is 16.5. The molecule has 0 aliphatic carbocycles. The number of amides is 3. The van der Waals surface area contributed by atoms with Crippen molar-refractivity contribution in [3.05, 3.63) is 29.8 Å². The van der Waals surface area contributed by atoms with E-state index in [-0.39, 0.29) is 11.8 Å². The fourth-order valence-electron chi connectivity index (χ4n) is 3.37. The maximum Gasteiger partial charge on any atom is 0.410 e. The van der Waals surface area contributed by atoms with Gasteiger partial charge in [0.05, 0.1) is 13.7 Å². The Labute approximate surface area is 152 Å². The van der Waals surface area contributed by atoms with Crippen LogP contribution in [-0.2, 0) is 20.9 Å². The molecule has 1 aromatic rings. The van der Waals surface area contributed by atoms with Gasteiger partial charge in [0.25, 0.3) is 0 Å². The highest BCUT2D eigenvalue weighted by Gasteiger charge is 2.34. The molecule has 0 spiro atoms. The third kappa shape index (κ3) is 4.07. The molecule has 8 heteroatoms. The number of methoxy groups -OCH3 is 1. The quantitative estimate of drug-likeness (QED) is 0.815. The van der Waals surface area contributed by atoms with Gasteiger partial charge in [0.1, 0.15) is 6.04 Å². The average Bonchev–Trinajstić information content (AvgIpc) is 3.16. The topological polar surface area (TPSA) is 91.0 Å². The first kappa shape index (κ1) is 18.0. The third-order valence-corrected chi connectivity index (χ3v) is 4.77. The van der Waals surface area contributed by atoms with Gasteiger partial charge in [0.15, 0.2) is 0 Å². The number of anilines is 1. The van der Waals surface area contributed by atoms with Crippen molar-refractivity contribution in [2.75, 3.05) is 38.2 Å². The van der Waals surface area contributed by atoms with Gasteiger partial charge in [-0.1, -0.05) is 12.1 Å². The van der Waals surface area contributed by atoms with Gasteiger partial charge >= 0.3 is 6.09 Å². The molecule has 3 amide bonds. The Balaban J connectivity index is 1.54. The summed E-state index contributed by atoms with van der Waals surface area (Å²) in [5.41, 5.74) is 1.95. The highest BCUT2D eigenvalue weighted by molar-refractivity contribution is 5.86. The van der Waals surface area contributed by atoms with E-state index >= 15 is 0 Å². The number of piperazine rings is 1. The summed E-state index contributed by atoms with van der Waals surface area (Å²) in [6.45, 7) is 2.73. The number of hydrogen-bond donors (Lipinski definition) is 2. The zero-order valence-electron chi connectivity index (χ0n) is 14.9. The van der Waals surface area contributed by atoms with Gasteiger partial charge in [-0.3, -0.25) is 14.5 Å². The summed E-state index contributed by atoms with van der Waals surface area (Å²) in [4.78, 5) is 39.1. The number of carbonyl (C=O) groups is 3. The van der Waals surface area contributed by atoms with Crippen molar-refractivity contribution in [1.29, 1.82) is 0 Å². The first-order valence-electron chi connectivity index (χ1n) is 8.81. The molecule has 2 fully saturated rings. The van der Waals surface area contributed by atoms with Gasteiger partial charge in [-0.2, -0.15) is 0 Å². The fraction of sp³-hybridized carbons (Fsp3) is 0.500. The molecule has 2 heterocycles. The molecule has 1 atom stereocenters.